The number of carbonyl (C=O) groups is 1. The van der Waals surface area contributed by atoms with Gasteiger partial charge in [-0.15, -0.1) is 0 Å². The second kappa shape index (κ2) is 12.9. The van der Waals surface area contributed by atoms with Crippen LogP contribution in [0.4, 0.5) is 0 Å². The Morgan fingerprint density at radius 1 is 1.32 bits per heavy atom. The highest BCUT2D eigenvalue weighted by atomic mass is 127. The minimum atomic E-state index is -4.25. The van der Waals surface area contributed by atoms with E-state index >= 15 is 0 Å². The van der Waals surface area contributed by atoms with Gasteiger partial charge < -0.3 is 34.2 Å². The van der Waals surface area contributed by atoms with Gasteiger partial charge in [-0.1, -0.05) is 13.8 Å². The van der Waals surface area contributed by atoms with Crippen molar-refractivity contribution in [2.45, 2.75) is 77.3 Å². The monoisotopic (exact) mass is 561 g/mol. The minimum Gasteiger partial charge on any atom is -0.391 e. The zero-order chi connectivity index (χ0) is 22.1. The summed E-state index contributed by atoms with van der Waals surface area (Å²) in [6.07, 6.45) is -3.34. The Labute approximate surface area is 179 Å². The molecule has 0 aliphatic rings. The van der Waals surface area contributed by atoms with E-state index in [1.807, 2.05) is 0 Å². The van der Waals surface area contributed by atoms with Crippen LogP contribution >= 0.6 is 38.9 Å². The molecule has 1 amide bonds. The smallest absolute Gasteiger partial charge is 0.369 e. The van der Waals surface area contributed by atoms with Crippen molar-refractivity contribution in [1.82, 2.24) is 5.32 Å². The molecule has 0 aliphatic heterocycles. The Morgan fingerprint density at radius 2 is 1.86 bits per heavy atom. The van der Waals surface area contributed by atoms with Crippen molar-refractivity contribution in [3.05, 3.63) is 0 Å². The lowest BCUT2D eigenvalue weighted by molar-refractivity contribution is -0.238. The van der Waals surface area contributed by atoms with Crippen molar-refractivity contribution in [2.24, 2.45) is 0 Å². The molecule has 0 saturated heterocycles. The van der Waals surface area contributed by atoms with Crippen LogP contribution in [0.2, 0.25) is 0 Å². The lowest BCUT2D eigenvalue weighted by Gasteiger charge is -2.40. The Bertz CT molecular complexity index is 560. The lowest BCUT2D eigenvalue weighted by Crippen LogP contribution is -2.50. The molecule has 0 radical (unpaired) electrons. The summed E-state index contributed by atoms with van der Waals surface area (Å²) < 4.78 is 44.4. The van der Waals surface area contributed by atoms with Crippen molar-refractivity contribution in [3.8, 4) is 0 Å². The number of aliphatic hydroxyl groups is 1. The second-order valence-corrected chi connectivity index (χ2v) is 10.2. The summed E-state index contributed by atoms with van der Waals surface area (Å²) in [4.78, 5) is 30.6. The molecule has 4 unspecified atom stereocenters. The quantitative estimate of drug-likeness (QED) is 0.141. The topological polar surface area (TPSA) is 161 Å². The fourth-order valence-electron chi connectivity index (χ4n) is 2.42. The first kappa shape index (κ1) is 28.4. The first-order valence-corrected chi connectivity index (χ1v) is 12.3. The highest BCUT2D eigenvalue weighted by Crippen LogP contribution is 2.61. The molecule has 0 saturated carbocycles. The van der Waals surface area contributed by atoms with Gasteiger partial charge in [-0.05, 0) is 26.7 Å². The second-order valence-electron chi connectivity index (χ2n) is 6.21. The summed E-state index contributed by atoms with van der Waals surface area (Å²) in [6.45, 7) is 7.04. The first-order chi connectivity index (χ1) is 12.9. The van der Waals surface area contributed by atoms with Crippen LogP contribution in [0.15, 0.2) is 0 Å². The lowest BCUT2D eigenvalue weighted by atomic mass is 10.2. The normalized spacial score (nSPS) is 19.9. The number of halogens is 1. The molecule has 14 heteroatoms. The van der Waals surface area contributed by atoms with Crippen LogP contribution in [0.25, 0.3) is 0 Å². The Hall–Kier alpha value is 0.380. The summed E-state index contributed by atoms with van der Waals surface area (Å²) in [5, 5.41) is 10.8. The SMILES string of the molecule is CCC(CC)(OC(OC(CO[PH](=O)O)[C@H](C)O)[C@@H](C)NC(C)=O)P(=O)(O)OI. The van der Waals surface area contributed by atoms with Crippen molar-refractivity contribution in [1.29, 1.82) is 0 Å². The van der Waals surface area contributed by atoms with Gasteiger partial charge in [-0.3, -0.25) is 13.9 Å². The number of hydrogen-bond donors (Lipinski definition) is 4. The number of amides is 1. The molecule has 28 heavy (non-hydrogen) atoms. The van der Waals surface area contributed by atoms with E-state index in [9.17, 15) is 23.9 Å². The maximum atomic E-state index is 12.6. The summed E-state index contributed by atoms with van der Waals surface area (Å²) >= 11 is 1.32. The van der Waals surface area contributed by atoms with Crippen molar-refractivity contribution >= 4 is 44.8 Å². The zero-order valence-corrected chi connectivity index (χ0v) is 20.5. The van der Waals surface area contributed by atoms with E-state index in [4.69, 9.17) is 17.2 Å². The third-order valence-corrected chi connectivity index (χ3v) is 8.08. The third kappa shape index (κ3) is 8.63. The molecule has 0 fully saturated rings. The number of rotatable bonds is 14. The Morgan fingerprint density at radius 3 is 2.21 bits per heavy atom. The van der Waals surface area contributed by atoms with Gasteiger partial charge in [-0.2, -0.15) is 0 Å². The van der Waals surface area contributed by atoms with Gasteiger partial charge in [-0.25, -0.2) is 2.85 Å². The van der Waals surface area contributed by atoms with Crippen LogP contribution in [0.5, 0.6) is 0 Å². The molecule has 168 valence electrons. The van der Waals surface area contributed by atoms with Gasteiger partial charge in [0.25, 0.3) is 0 Å². The van der Waals surface area contributed by atoms with Crippen molar-refractivity contribution in [3.63, 3.8) is 0 Å². The van der Waals surface area contributed by atoms with Gasteiger partial charge in [0.05, 0.1) is 18.8 Å². The van der Waals surface area contributed by atoms with E-state index in [1.165, 1.54) is 36.9 Å². The Kier molecular flexibility index (Phi) is 13.1. The number of carbonyl (C=O) groups excluding carboxylic acids is 1. The molecule has 0 bridgehead atoms. The first-order valence-electron chi connectivity index (χ1n) is 8.63. The van der Waals surface area contributed by atoms with Crippen LogP contribution in [-0.2, 0) is 30.8 Å². The molecule has 0 aromatic heterocycles. The molecule has 11 nitrogen and oxygen atoms in total. The molecule has 0 aliphatic carbocycles. The van der Waals surface area contributed by atoms with E-state index < -0.39 is 58.2 Å². The molecule has 0 heterocycles. The average Bonchev–Trinajstić information content (AvgIpc) is 2.60. The molecule has 6 atom stereocenters. The van der Waals surface area contributed by atoms with Crippen LogP contribution in [-0.4, -0.2) is 57.3 Å². The van der Waals surface area contributed by atoms with Crippen molar-refractivity contribution in [2.75, 3.05) is 6.61 Å². The van der Waals surface area contributed by atoms with Crippen LogP contribution < -0.4 is 5.32 Å². The maximum Gasteiger partial charge on any atom is 0.369 e. The minimum absolute atomic E-state index is 0.0904. The molecule has 0 aromatic carbocycles. The predicted molar refractivity (Wildman–Crippen MR) is 110 cm³/mol. The zero-order valence-electron chi connectivity index (χ0n) is 16.5. The summed E-state index contributed by atoms with van der Waals surface area (Å²) in [7, 11) is -7.51. The maximum absolute atomic E-state index is 12.6. The molecule has 4 N–H and O–H groups in total. The van der Waals surface area contributed by atoms with E-state index in [2.05, 4.69) is 9.84 Å². The number of aliphatic hydroxyl groups excluding tert-OH is 1. The van der Waals surface area contributed by atoms with Gasteiger partial charge in [0.2, 0.25) is 5.91 Å². The van der Waals surface area contributed by atoms with E-state index in [1.54, 1.807) is 20.8 Å². The molecular weight excluding hydrogens is 531 g/mol. The van der Waals surface area contributed by atoms with Crippen LogP contribution in [0.1, 0.15) is 47.5 Å². The van der Waals surface area contributed by atoms with E-state index in [0.29, 0.717) is 0 Å². The molecule has 0 aromatic rings. The van der Waals surface area contributed by atoms with Crippen molar-refractivity contribution < 1.29 is 45.7 Å². The third-order valence-electron chi connectivity index (χ3n) is 4.11. The molecular formula is C14H30INO10P2. The number of nitrogens with one attached hydrogen (secondary N) is 1. The summed E-state index contributed by atoms with van der Waals surface area (Å²) in [5.74, 6) is -0.397. The fourth-order valence-corrected chi connectivity index (χ4v) is 4.96. The highest BCUT2D eigenvalue weighted by molar-refractivity contribution is 14.1. The van der Waals surface area contributed by atoms with E-state index in [-0.39, 0.29) is 12.8 Å². The van der Waals surface area contributed by atoms with Crippen LogP contribution in [0, 0.1) is 0 Å². The molecule has 0 rings (SSSR count). The highest BCUT2D eigenvalue weighted by Gasteiger charge is 2.50. The van der Waals surface area contributed by atoms with Gasteiger partial charge in [0.15, 0.2) is 11.6 Å². The van der Waals surface area contributed by atoms with Gasteiger partial charge >= 0.3 is 15.9 Å². The van der Waals surface area contributed by atoms with Gasteiger partial charge in [0, 0.05) is 6.92 Å². The average molecular weight is 561 g/mol. The molecule has 0 spiro atoms. The van der Waals surface area contributed by atoms with Crippen LogP contribution in [0.3, 0.4) is 0 Å². The number of hydrogen-bond acceptors (Lipinski definition) is 8. The Balaban J connectivity index is 5.80. The fraction of sp³-hybridized carbons (Fsp3) is 0.929. The summed E-state index contributed by atoms with van der Waals surface area (Å²) in [6, 6.07) is -0.795. The largest absolute Gasteiger partial charge is 0.391 e. The van der Waals surface area contributed by atoms with E-state index in [0.717, 1.165) is 0 Å². The standard InChI is InChI=1S/C14H30INO10P2/c1-6-14(7-2,28(21,22)26-15)25-13(9(3)16-11(5)18)24-12(10(4)17)8-23-27(19)20/h9-10,12-13,17,27H,6-8H2,1-5H3,(H,16,18)(H,19,20)(H,21,22)/t9-,10+,12?,13?/m1/s1. The predicted octanol–water partition coefficient (Wildman–Crippen LogP) is 2.09. The van der Waals surface area contributed by atoms with Gasteiger partial charge in [0.1, 0.15) is 29.1 Å². The summed E-state index contributed by atoms with van der Waals surface area (Å²) in [5.41, 5.74) is 0. The number of ether oxygens (including phenoxy) is 2.